The van der Waals surface area contributed by atoms with Crippen molar-refractivity contribution in [3.63, 3.8) is 0 Å². The highest BCUT2D eigenvalue weighted by atomic mass is 19.1. The average Bonchev–Trinajstić information content (AvgIpc) is 3.65. The fourth-order valence-corrected chi connectivity index (χ4v) is 9.38. The molecule has 8 rings (SSSR count). The number of fused-ring (bicyclic) bond motifs is 2. The van der Waals surface area contributed by atoms with Gasteiger partial charge in [0.05, 0.1) is 59.8 Å². The molecule has 2 aliphatic heterocycles. The van der Waals surface area contributed by atoms with Crippen molar-refractivity contribution in [2.45, 2.75) is 105 Å². The summed E-state index contributed by atoms with van der Waals surface area (Å²) >= 11 is 0. The van der Waals surface area contributed by atoms with Crippen LogP contribution in [-0.4, -0.2) is 76.4 Å². The number of hydrogen-bond donors (Lipinski definition) is 2. The summed E-state index contributed by atoms with van der Waals surface area (Å²) in [6.45, 7) is 10.9. The summed E-state index contributed by atoms with van der Waals surface area (Å²) in [4.78, 5) is 51.9. The van der Waals surface area contributed by atoms with Crippen LogP contribution in [0.5, 0.6) is 0 Å². The zero-order valence-electron chi connectivity index (χ0n) is 33.6. The summed E-state index contributed by atoms with van der Waals surface area (Å²) in [5, 5.41) is 27.8. The van der Waals surface area contributed by atoms with Gasteiger partial charge in [0, 0.05) is 25.9 Å². The van der Waals surface area contributed by atoms with Crippen molar-refractivity contribution in [3.8, 4) is 0 Å². The van der Waals surface area contributed by atoms with Crippen LogP contribution in [0.2, 0.25) is 0 Å². The van der Waals surface area contributed by atoms with E-state index in [0.717, 1.165) is 46.7 Å². The zero-order valence-corrected chi connectivity index (χ0v) is 33.6. The van der Waals surface area contributed by atoms with Gasteiger partial charge in [-0.25, -0.2) is 8.78 Å². The zero-order chi connectivity index (χ0) is 41.5. The number of nitrogens with zero attached hydrogens (tertiary/aromatic N) is 6. The molecule has 14 heteroatoms. The van der Waals surface area contributed by atoms with E-state index in [0.29, 0.717) is 77.8 Å². The van der Waals surface area contributed by atoms with Gasteiger partial charge in [-0.1, -0.05) is 24.3 Å². The Balaban J connectivity index is 0.000000177. The number of amides is 2. The molecule has 4 aliphatic rings. The van der Waals surface area contributed by atoms with Gasteiger partial charge in [0.15, 0.2) is 0 Å². The van der Waals surface area contributed by atoms with E-state index in [-0.39, 0.29) is 35.3 Å². The molecule has 2 N–H and O–H groups in total. The minimum atomic E-state index is -0.774. The second-order valence-electron chi connectivity index (χ2n) is 17.4. The molecule has 2 fully saturated rings. The molecular formula is C44H52F2N6O6. The minimum absolute atomic E-state index is 0.0836. The standard InChI is InChI=1S/2C22H26FN3O3/c2*1-14-18-7-8-25(20(27)9-16-10-22(2,11-16)21(28)29)13-19(18)26(24-14)12-15-3-5-17(23)6-4-15/h2*3-6,16H,7-13H2,1-2H3,(H,28,29). The van der Waals surface area contributed by atoms with Crippen LogP contribution in [0, 0.1) is 48.1 Å². The molecule has 0 bridgehead atoms. The Morgan fingerprint density at radius 1 is 0.638 bits per heavy atom. The number of halogens is 2. The van der Waals surface area contributed by atoms with Crippen LogP contribution in [0.25, 0.3) is 0 Å². The number of aliphatic carboxylic acids is 2. The molecule has 2 saturated carbocycles. The van der Waals surface area contributed by atoms with Crippen LogP contribution >= 0.6 is 0 Å². The molecule has 2 aromatic heterocycles. The van der Waals surface area contributed by atoms with Crippen LogP contribution < -0.4 is 0 Å². The lowest BCUT2D eigenvalue weighted by Gasteiger charge is -2.42. The number of benzene rings is 2. The number of carbonyl (C=O) groups excluding carboxylic acids is 2. The van der Waals surface area contributed by atoms with E-state index in [1.807, 2.05) is 33.0 Å². The van der Waals surface area contributed by atoms with Crippen molar-refractivity contribution in [1.82, 2.24) is 29.4 Å². The third kappa shape index (κ3) is 8.56. The van der Waals surface area contributed by atoms with E-state index in [2.05, 4.69) is 10.2 Å². The smallest absolute Gasteiger partial charge is 0.309 e. The lowest BCUT2D eigenvalue weighted by Crippen LogP contribution is -2.44. The van der Waals surface area contributed by atoms with Gasteiger partial charge in [0.25, 0.3) is 0 Å². The SMILES string of the molecule is Cc1nn(Cc2ccc(F)cc2)c2c1CCN(C(=O)CC1CC(C)(C(=O)O)C1)C2.Cc1nn(Cc2ccc(F)cc2)c2c1CCN(C(=O)CC1CC(C)(C(=O)O)C1)C2. The Hall–Kier alpha value is -5.40. The number of hydrogen-bond acceptors (Lipinski definition) is 6. The Labute approximate surface area is 336 Å². The van der Waals surface area contributed by atoms with Gasteiger partial charge in [-0.05, 0) is 125 Å². The van der Waals surface area contributed by atoms with Gasteiger partial charge in [0.1, 0.15) is 11.6 Å². The molecule has 0 radical (unpaired) electrons. The summed E-state index contributed by atoms with van der Waals surface area (Å²) in [5.41, 5.74) is 6.99. The normalized spacial score (nSPS) is 23.4. The van der Waals surface area contributed by atoms with Gasteiger partial charge < -0.3 is 20.0 Å². The first kappa shape index (κ1) is 40.8. The first-order chi connectivity index (χ1) is 27.5. The fraction of sp³-hybridized carbons (Fsp3) is 0.500. The number of carboxylic acids is 2. The topological polar surface area (TPSA) is 151 Å². The summed E-state index contributed by atoms with van der Waals surface area (Å²) in [6, 6.07) is 12.8. The van der Waals surface area contributed by atoms with Gasteiger partial charge >= 0.3 is 11.9 Å². The predicted octanol–water partition coefficient (Wildman–Crippen LogP) is 6.31. The molecular weight excluding hydrogens is 747 g/mol. The van der Waals surface area contributed by atoms with Gasteiger partial charge in [-0.2, -0.15) is 10.2 Å². The molecule has 2 amide bonds. The van der Waals surface area contributed by atoms with E-state index < -0.39 is 22.8 Å². The number of aromatic nitrogens is 4. The first-order valence-corrected chi connectivity index (χ1v) is 20.1. The second kappa shape index (κ2) is 16.1. The molecule has 0 unspecified atom stereocenters. The fourth-order valence-electron chi connectivity index (χ4n) is 9.38. The third-order valence-electron chi connectivity index (χ3n) is 12.8. The van der Waals surface area contributed by atoms with E-state index in [1.165, 1.54) is 35.4 Å². The molecule has 12 nitrogen and oxygen atoms in total. The molecule has 0 saturated heterocycles. The molecule has 308 valence electrons. The predicted molar refractivity (Wildman–Crippen MR) is 209 cm³/mol. The van der Waals surface area contributed by atoms with Crippen molar-refractivity contribution >= 4 is 23.8 Å². The lowest BCUT2D eigenvalue weighted by atomic mass is 9.62. The number of rotatable bonds is 10. The van der Waals surface area contributed by atoms with Crippen molar-refractivity contribution in [2.75, 3.05) is 13.1 Å². The Morgan fingerprint density at radius 3 is 1.31 bits per heavy atom. The maximum absolute atomic E-state index is 13.2. The molecule has 2 aliphatic carbocycles. The lowest BCUT2D eigenvalue weighted by molar-refractivity contribution is -0.158. The van der Waals surface area contributed by atoms with Crippen LogP contribution in [0.15, 0.2) is 48.5 Å². The van der Waals surface area contributed by atoms with Crippen LogP contribution in [0.1, 0.15) is 97.4 Å². The summed E-state index contributed by atoms with van der Waals surface area (Å²) in [7, 11) is 0. The van der Waals surface area contributed by atoms with E-state index in [1.54, 1.807) is 38.1 Å². The Morgan fingerprint density at radius 2 is 0.983 bits per heavy atom. The van der Waals surface area contributed by atoms with E-state index in [4.69, 9.17) is 0 Å². The average molecular weight is 799 g/mol. The Kier molecular flexibility index (Phi) is 11.3. The molecule has 4 heterocycles. The highest BCUT2D eigenvalue weighted by Gasteiger charge is 2.48. The summed E-state index contributed by atoms with van der Waals surface area (Å²) in [5.74, 6) is -1.61. The highest BCUT2D eigenvalue weighted by Crippen LogP contribution is 2.48. The number of carboxylic acid groups (broad SMARTS) is 2. The maximum Gasteiger partial charge on any atom is 0.309 e. The highest BCUT2D eigenvalue weighted by molar-refractivity contribution is 5.80. The molecule has 58 heavy (non-hydrogen) atoms. The largest absolute Gasteiger partial charge is 0.481 e. The number of carbonyl (C=O) groups is 4. The molecule has 0 atom stereocenters. The Bertz CT molecular complexity index is 2050. The minimum Gasteiger partial charge on any atom is -0.481 e. The van der Waals surface area contributed by atoms with Gasteiger partial charge in [-0.15, -0.1) is 0 Å². The molecule has 0 spiro atoms. The van der Waals surface area contributed by atoms with E-state index >= 15 is 0 Å². The quantitative estimate of drug-likeness (QED) is 0.190. The maximum atomic E-state index is 13.2. The van der Waals surface area contributed by atoms with Crippen LogP contribution in [0.4, 0.5) is 8.78 Å². The summed E-state index contributed by atoms with van der Waals surface area (Å²) in [6.07, 6.45) is 4.61. The van der Waals surface area contributed by atoms with Crippen molar-refractivity contribution < 1.29 is 38.2 Å². The van der Waals surface area contributed by atoms with E-state index in [9.17, 15) is 38.2 Å². The molecule has 4 aromatic rings. The van der Waals surface area contributed by atoms with Crippen LogP contribution in [-0.2, 0) is 58.2 Å². The van der Waals surface area contributed by atoms with Crippen molar-refractivity contribution in [1.29, 1.82) is 0 Å². The third-order valence-corrected chi connectivity index (χ3v) is 12.8. The van der Waals surface area contributed by atoms with Crippen LogP contribution in [0.3, 0.4) is 0 Å². The van der Waals surface area contributed by atoms with Gasteiger partial charge in [-0.3, -0.25) is 28.5 Å². The number of aryl methyl sites for hydroxylation is 2. The van der Waals surface area contributed by atoms with Crippen molar-refractivity contribution in [3.05, 3.63) is 105 Å². The molecule has 2 aromatic carbocycles. The first-order valence-electron chi connectivity index (χ1n) is 20.1. The van der Waals surface area contributed by atoms with Crippen molar-refractivity contribution in [2.24, 2.45) is 22.7 Å². The summed E-state index contributed by atoms with van der Waals surface area (Å²) < 4.78 is 30.2. The second-order valence-corrected chi connectivity index (χ2v) is 17.4. The monoisotopic (exact) mass is 798 g/mol. The van der Waals surface area contributed by atoms with Gasteiger partial charge in [0.2, 0.25) is 11.8 Å².